The first-order valence-electron chi connectivity index (χ1n) is 10.2. The van der Waals surface area contributed by atoms with Crippen molar-refractivity contribution in [3.8, 4) is 0 Å². The van der Waals surface area contributed by atoms with Gasteiger partial charge in [0.1, 0.15) is 4.90 Å². The third kappa shape index (κ3) is 6.95. The molecular weight excluding hydrogens is 473 g/mol. The van der Waals surface area contributed by atoms with Crippen LogP contribution in [0.25, 0.3) is 0 Å². The Labute approximate surface area is 199 Å². The van der Waals surface area contributed by atoms with Crippen LogP contribution in [0.1, 0.15) is 56.5 Å². The molecule has 0 spiro atoms. The van der Waals surface area contributed by atoms with E-state index >= 15 is 0 Å². The number of sulfonamides is 1. The maximum Gasteiger partial charge on any atom is 0.340 e. The fourth-order valence-corrected chi connectivity index (χ4v) is 4.56. The average Bonchev–Trinajstić information content (AvgIpc) is 2.70. The number of Topliss-reactive ketones (excluding diaryl/α,β-unsaturated/α-hetero) is 1. The smallest absolute Gasteiger partial charge is 0.340 e. The number of benzene rings is 2. The molecule has 0 fully saturated rings. The van der Waals surface area contributed by atoms with E-state index in [2.05, 4.69) is 11.6 Å². The summed E-state index contributed by atoms with van der Waals surface area (Å²) in [7, 11) is -4.12. The van der Waals surface area contributed by atoms with E-state index in [1.165, 1.54) is 0 Å². The molecule has 0 aromatic heterocycles. The molecule has 0 atom stereocenters. The molecule has 0 amide bonds. The Hall–Kier alpha value is -2.09. The summed E-state index contributed by atoms with van der Waals surface area (Å²) in [5, 5.41) is -0.230. The van der Waals surface area contributed by atoms with Crippen LogP contribution in [0.15, 0.2) is 41.3 Å². The largest absolute Gasteiger partial charge is 0.454 e. The molecule has 1 N–H and O–H groups in total. The molecule has 2 aromatic rings. The Morgan fingerprint density at radius 3 is 2.22 bits per heavy atom. The van der Waals surface area contributed by atoms with Crippen LogP contribution in [0, 0.1) is 5.41 Å². The molecule has 0 aliphatic carbocycles. The van der Waals surface area contributed by atoms with Crippen LogP contribution < -0.4 is 4.72 Å². The van der Waals surface area contributed by atoms with Crippen LogP contribution in [0.2, 0.25) is 10.0 Å². The standard InChI is InChI=1S/C23H27Cl2NO5S/c1-5-6-7-15-8-10-16(11-9-15)26-32(29,30)20-12-17(18(24)13-19(20)25)22(28)31-14-21(27)23(2,3)4/h8-13,26H,5-7,14H2,1-4H3. The minimum atomic E-state index is -4.12. The van der Waals surface area contributed by atoms with Gasteiger partial charge in [-0.05, 0) is 42.7 Å². The molecule has 0 radical (unpaired) electrons. The molecule has 9 heteroatoms. The molecule has 0 saturated carbocycles. The second kappa shape index (κ2) is 10.7. The first kappa shape index (κ1) is 26.2. The van der Waals surface area contributed by atoms with E-state index in [9.17, 15) is 18.0 Å². The highest BCUT2D eigenvalue weighted by molar-refractivity contribution is 7.92. The van der Waals surface area contributed by atoms with E-state index < -0.39 is 28.0 Å². The van der Waals surface area contributed by atoms with Crippen molar-refractivity contribution in [2.45, 2.75) is 51.9 Å². The summed E-state index contributed by atoms with van der Waals surface area (Å²) < 4.78 is 33.3. The van der Waals surface area contributed by atoms with Crippen molar-refractivity contribution < 1.29 is 22.7 Å². The van der Waals surface area contributed by atoms with Crippen LogP contribution in [0.3, 0.4) is 0 Å². The number of aryl methyl sites for hydroxylation is 1. The minimum absolute atomic E-state index is 0.0811. The lowest BCUT2D eigenvalue weighted by Gasteiger charge is -2.16. The number of rotatable bonds is 9. The summed E-state index contributed by atoms with van der Waals surface area (Å²) in [6.45, 7) is 6.75. The van der Waals surface area contributed by atoms with Crippen molar-refractivity contribution in [2.75, 3.05) is 11.3 Å². The number of unbranched alkanes of at least 4 members (excludes halogenated alkanes) is 1. The van der Waals surface area contributed by atoms with Gasteiger partial charge in [0.2, 0.25) is 0 Å². The van der Waals surface area contributed by atoms with Crippen molar-refractivity contribution in [1.82, 2.24) is 0 Å². The third-order valence-corrected chi connectivity index (χ3v) is 6.89. The molecule has 0 bridgehead atoms. The normalized spacial score (nSPS) is 11.8. The lowest BCUT2D eigenvalue weighted by atomic mass is 9.91. The quantitative estimate of drug-likeness (QED) is 0.433. The van der Waals surface area contributed by atoms with Gasteiger partial charge in [0, 0.05) is 11.1 Å². The number of anilines is 1. The summed E-state index contributed by atoms with van der Waals surface area (Å²) in [5.41, 5.74) is 0.576. The molecule has 0 saturated heterocycles. The number of hydrogen-bond acceptors (Lipinski definition) is 5. The molecule has 0 heterocycles. The van der Waals surface area contributed by atoms with Crippen molar-refractivity contribution in [3.05, 3.63) is 57.6 Å². The SMILES string of the molecule is CCCCc1ccc(NS(=O)(=O)c2cc(C(=O)OCC(=O)C(C)(C)C)c(Cl)cc2Cl)cc1. The number of ketones is 1. The van der Waals surface area contributed by atoms with E-state index in [0.29, 0.717) is 5.69 Å². The fraction of sp³-hybridized carbons (Fsp3) is 0.391. The third-order valence-electron chi connectivity index (χ3n) is 4.73. The van der Waals surface area contributed by atoms with Gasteiger partial charge in [0.15, 0.2) is 12.4 Å². The highest BCUT2D eigenvalue weighted by atomic mass is 35.5. The van der Waals surface area contributed by atoms with Gasteiger partial charge < -0.3 is 4.74 Å². The molecule has 0 unspecified atom stereocenters. The van der Waals surface area contributed by atoms with Crippen molar-refractivity contribution in [2.24, 2.45) is 5.41 Å². The number of carbonyl (C=O) groups excluding carboxylic acids is 2. The molecule has 32 heavy (non-hydrogen) atoms. The van der Waals surface area contributed by atoms with Gasteiger partial charge in [-0.1, -0.05) is 69.5 Å². The predicted molar refractivity (Wildman–Crippen MR) is 127 cm³/mol. The molecule has 0 aliphatic rings. The zero-order valence-corrected chi connectivity index (χ0v) is 20.8. The maximum absolute atomic E-state index is 12.9. The summed E-state index contributed by atoms with van der Waals surface area (Å²) >= 11 is 12.2. The summed E-state index contributed by atoms with van der Waals surface area (Å²) in [5.74, 6) is -1.20. The Kier molecular flexibility index (Phi) is 8.74. The highest BCUT2D eigenvalue weighted by Crippen LogP contribution is 2.30. The fourth-order valence-electron chi connectivity index (χ4n) is 2.65. The predicted octanol–water partition coefficient (Wildman–Crippen LogP) is 5.91. The van der Waals surface area contributed by atoms with Crippen molar-refractivity contribution in [3.63, 3.8) is 0 Å². The van der Waals surface area contributed by atoms with E-state index in [1.54, 1.807) is 32.9 Å². The van der Waals surface area contributed by atoms with Gasteiger partial charge >= 0.3 is 5.97 Å². The van der Waals surface area contributed by atoms with E-state index in [4.69, 9.17) is 27.9 Å². The lowest BCUT2D eigenvalue weighted by molar-refractivity contribution is -0.129. The second-order valence-corrected chi connectivity index (χ2v) is 10.9. The Morgan fingerprint density at radius 2 is 1.66 bits per heavy atom. The van der Waals surface area contributed by atoms with Crippen LogP contribution in [-0.2, 0) is 26.0 Å². The molecular formula is C23H27Cl2NO5S. The lowest BCUT2D eigenvalue weighted by Crippen LogP contribution is -2.26. The topological polar surface area (TPSA) is 89.5 Å². The van der Waals surface area contributed by atoms with E-state index in [0.717, 1.165) is 37.0 Å². The Bertz CT molecular complexity index is 1090. The first-order chi connectivity index (χ1) is 14.8. The number of ether oxygens (including phenoxy) is 1. The van der Waals surface area contributed by atoms with Gasteiger partial charge in [-0.3, -0.25) is 9.52 Å². The molecule has 0 aliphatic heterocycles. The number of hydrogen-bond donors (Lipinski definition) is 1. The number of esters is 1. The summed E-state index contributed by atoms with van der Waals surface area (Å²) in [4.78, 5) is 24.1. The Balaban J connectivity index is 2.25. The average molecular weight is 500 g/mol. The zero-order valence-electron chi connectivity index (χ0n) is 18.5. The highest BCUT2D eigenvalue weighted by Gasteiger charge is 2.26. The van der Waals surface area contributed by atoms with Crippen LogP contribution in [0.4, 0.5) is 5.69 Å². The first-order valence-corrected chi connectivity index (χ1v) is 12.4. The van der Waals surface area contributed by atoms with Gasteiger partial charge in [-0.2, -0.15) is 0 Å². The monoisotopic (exact) mass is 499 g/mol. The number of nitrogens with one attached hydrogen (secondary N) is 1. The van der Waals surface area contributed by atoms with Gasteiger partial charge in [-0.15, -0.1) is 0 Å². The van der Waals surface area contributed by atoms with Crippen LogP contribution in [0.5, 0.6) is 0 Å². The molecule has 2 aromatic carbocycles. The molecule has 6 nitrogen and oxygen atoms in total. The molecule has 2 rings (SSSR count). The van der Waals surface area contributed by atoms with E-state index in [1.807, 2.05) is 12.1 Å². The van der Waals surface area contributed by atoms with Crippen LogP contribution >= 0.6 is 23.2 Å². The van der Waals surface area contributed by atoms with Crippen molar-refractivity contribution in [1.29, 1.82) is 0 Å². The van der Waals surface area contributed by atoms with Crippen molar-refractivity contribution >= 4 is 50.7 Å². The second-order valence-electron chi connectivity index (χ2n) is 8.42. The van der Waals surface area contributed by atoms with Crippen LogP contribution in [-0.4, -0.2) is 26.8 Å². The Morgan fingerprint density at radius 1 is 1.03 bits per heavy atom. The maximum atomic E-state index is 12.9. The zero-order chi connectivity index (χ0) is 24.1. The molecule has 174 valence electrons. The van der Waals surface area contributed by atoms with Gasteiger partial charge in [0.05, 0.1) is 15.6 Å². The number of halogens is 2. The summed E-state index contributed by atoms with van der Waals surface area (Å²) in [6.07, 6.45) is 3.03. The number of carbonyl (C=O) groups is 2. The minimum Gasteiger partial charge on any atom is -0.454 e. The van der Waals surface area contributed by atoms with Gasteiger partial charge in [0.25, 0.3) is 10.0 Å². The summed E-state index contributed by atoms with van der Waals surface area (Å²) in [6, 6.07) is 9.25. The van der Waals surface area contributed by atoms with Gasteiger partial charge in [-0.25, -0.2) is 13.2 Å². The van der Waals surface area contributed by atoms with E-state index in [-0.39, 0.29) is 26.3 Å².